The number of ether oxygens (including phenoxy) is 2. The van der Waals surface area contributed by atoms with Gasteiger partial charge in [-0.25, -0.2) is 15.0 Å². The molecule has 0 aliphatic rings. The highest BCUT2D eigenvalue weighted by atomic mass is 16.5. The van der Waals surface area contributed by atoms with Gasteiger partial charge in [0.15, 0.2) is 0 Å². The Bertz CT molecular complexity index is 823. The van der Waals surface area contributed by atoms with Gasteiger partial charge in [0.1, 0.15) is 11.5 Å². The molecule has 0 unspecified atom stereocenters. The number of benzene rings is 1. The average molecular weight is 322 g/mol. The Morgan fingerprint density at radius 1 is 1.00 bits per heavy atom. The summed E-state index contributed by atoms with van der Waals surface area (Å²) in [4.78, 5) is 12.8. The number of nitrogens with one attached hydrogen (secondary N) is 1. The lowest BCUT2D eigenvalue weighted by Gasteiger charge is -2.11. The monoisotopic (exact) mass is 322 g/mol. The second kappa shape index (κ2) is 7.41. The van der Waals surface area contributed by atoms with Crippen LogP contribution in [0, 0.1) is 6.92 Å². The second-order valence-corrected chi connectivity index (χ2v) is 5.12. The number of hydrogen-bond acceptors (Lipinski definition) is 6. The Hall–Kier alpha value is -3.15. The number of pyridine rings is 1. The van der Waals surface area contributed by atoms with E-state index in [0.717, 1.165) is 17.0 Å². The van der Waals surface area contributed by atoms with E-state index >= 15 is 0 Å². The molecule has 6 nitrogen and oxygen atoms in total. The van der Waals surface area contributed by atoms with Gasteiger partial charge in [-0.15, -0.1) is 0 Å². The van der Waals surface area contributed by atoms with Gasteiger partial charge in [-0.1, -0.05) is 12.1 Å². The molecule has 24 heavy (non-hydrogen) atoms. The molecule has 0 atom stereocenters. The maximum Gasteiger partial charge on any atom is 0.224 e. The third kappa shape index (κ3) is 3.98. The Labute approximate surface area is 140 Å². The maximum atomic E-state index is 5.89. The van der Waals surface area contributed by atoms with Gasteiger partial charge in [0, 0.05) is 36.3 Å². The molecule has 1 N–H and O–H groups in total. The van der Waals surface area contributed by atoms with Crippen LogP contribution in [0.4, 0.5) is 5.95 Å². The number of nitrogens with zero attached hydrogens (tertiary/aromatic N) is 3. The number of hydrogen-bond donors (Lipinski definition) is 1. The van der Waals surface area contributed by atoms with Gasteiger partial charge in [-0.3, -0.25) is 0 Å². The Balaban J connectivity index is 1.75. The fraction of sp³-hybridized carbons (Fsp3) is 0.167. The molecule has 0 saturated carbocycles. The van der Waals surface area contributed by atoms with Gasteiger partial charge in [-0.05, 0) is 31.2 Å². The molecule has 0 aliphatic heterocycles. The third-order valence-corrected chi connectivity index (χ3v) is 3.34. The van der Waals surface area contributed by atoms with Gasteiger partial charge in [0.2, 0.25) is 11.8 Å². The van der Waals surface area contributed by atoms with E-state index in [0.29, 0.717) is 24.1 Å². The van der Waals surface area contributed by atoms with E-state index in [9.17, 15) is 0 Å². The number of rotatable bonds is 6. The molecule has 122 valence electrons. The molecule has 0 fully saturated rings. The van der Waals surface area contributed by atoms with Crippen LogP contribution in [0.3, 0.4) is 0 Å². The predicted octanol–water partition coefficient (Wildman–Crippen LogP) is 3.59. The van der Waals surface area contributed by atoms with Crippen LogP contribution in [0.1, 0.15) is 11.3 Å². The minimum Gasteiger partial charge on any atom is -0.497 e. The summed E-state index contributed by atoms with van der Waals surface area (Å²) in [7, 11) is 1.62. The third-order valence-electron chi connectivity index (χ3n) is 3.34. The molecule has 0 radical (unpaired) electrons. The molecular formula is C18H18N4O2. The zero-order valence-corrected chi connectivity index (χ0v) is 13.6. The summed E-state index contributed by atoms with van der Waals surface area (Å²) < 4.78 is 11.1. The molecule has 2 heterocycles. The fourth-order valence-electron chi connectivity index (χ4n) is 2.14. The SMILES string of the molecule is COc1cccc(Oc2ncccc2CNc2nccc(C)n2)c1. The summed E-state index contributed by atoms with van der Waals surface area (Å²) in [6.07, 6.45) is 3.42. The van der Waals surface area contributed by atoms with Crippen molar-refractivity contribution in [3.63, 3.8) is 0 Å². The normalized spacial score (nSPS) is 10.2. The number of aromatic nitrogens is 3. The summed E-state index contributed by atoms with van der Waals surface area (Å²) in [6.45, 7) is 2.44. The Morgan fingerprint density at radius 3 is 2.71 bits per heavy atom. The van der Waals surface area contributed by atoms with Crippen molar-refractivity contribution in [3.8, 4) is 17.4 Å². The smallest absolute Gasteiger partial charge is 0.224 e. The lowest BCUT2D eigenvalue weighted by Crippen LogP contribution is -2.05. The number of anilines is 1. The van der Waals surface area contributed by atoms with Gasteiger partial charge in [-0.2, -0.15) is 0 Å². The molecule has 3 aromatic rings. The van der Waals surface area contributed by atoms with Crippen molar-refractivity contribution in [3.05, 3.63) is 66.1 Å². The Morgan fingerprint density at radius 2 is 1.88 bits per heavy atom. The maximum absolute atomic E-state index is 5.89. The predicted molar refractivity (Wildman–Crippen MR) is 91.4 cm³/mol. The van der Waals surface area contributed by atoms with Crippen molar-refractivity contribution in [1.82, 2.24) is 15.0 Å². The molecule has 2 aromatic heterocycles. The van der Waals surface area contributed by atoms with Crippen LogP contribution in [0.2, 0.25) is 0 Å². The van der Waals surface area contributed by atoms with E-state index in [1.54, 1.807) is 19.5 Å². The van der Waals surface area contributed by atoms with E-state index in [-0.39, 0.29) is 0 Å². The molecule has 0 bridgehead atoms. The summed E-state index contributed by atoms with van der Waals surface area (Å²) in [6, 6.07) is 13.1. The molecule has 1 aromatic carbocycles. The van der Waals surface area contributed by atoms with Crippen molar-refractivity contribution in [2.24, 2.45) is 0 Å². The van der Waals surface area contributed by atoms with Crippen molar-refractivity contribution in [2.75, 3.05) is 12.4 Å². The number of aryl methyl sites for hydroxylation is 1. The van der Waals surface area contributed by atoms with E-state index < -0.39 is 0 Å². The highest BCUT2D eigenvalue weighted by Gasteiger charge is 2.07. The summed E-state index contributed by atoms with van der Waals surface area (Å²) in [5, 5.41) is 3.18. The van der Waals surface area contributed by atoms with Crippen LogP contribution in [-0.4, -0.2) is 22.1 Å². The standard InChI is InChI=1S/C18H18N4O2/c1-13-8-10-20-18(22-13)21-12-14-5-4-9-19-17(14)24-16-7-3-6-15(11-16)23-2/h3-11H,12H2,1-2H3,(H,20,21,22). The van der Waals surface area contributed by atoms with Crippen LogP contribution in [0.15, 0.2) is 54.9 Å². The highest BCUT2D eigenvalue weighted by molar-refractivity contribution is 5.38. The minimum absolute atomic E-state index is 0.511. The van der Waals surface area contributed by atoms with Gasteiger partial charge >= 0.3 is 0 Å². The first-order valence-electron chi connectivity index (χ1n) is 7.54. The second-order valence-electron chi connectivity index (χ2n) is 5.12. The van der Waals surface area contributed by atoms with Crippen LogP contribution < -0.4 is 14.8 Å². The molecule has 0 saturated heterocycles. The zero-order chi connectivity index (χ0) is 16.8. The van der Waals surface area contributed by atoms with Gasteiger partial charge in [0.05, 0.1) is 7.11 Å². The van der Waals surface area contributed by atoms with Crippen molar-refractivity contribution < 1.29 is 9.47 Å². The molecular weight excluding hydrogens is 304 g/mol. The molecule has 0 aliphatic carbocycles. The summed E-state index contributed by atoms with van der Waals surface area (Å²) in [5.74, 6) is 2.51. The first kappa shape index (κ1) is 15.7. The van der Waals surface area contributed by atoms with E-state index in [1.165, 1.54) is 0 Å². The molecule has 3 rings (SSSR count). The summed E-state index contributed by atoms with van der Waals surface area (Å²) >= 11 is 0. The van der Waals surface area contributed by atoms with Crippen LogP contribution in [0.25, 0.3) is 0 Å². The first-order chi connectivity index (χ1) is 11.7. The van der Waals surface area contributed by atoms with E-state index in [1.807, 2.05) is 49.4 Å². The fourth-order valence-corrected chi connectivity index (χ4v) is 2.14. The number of methoxy groups -OCH3 is 1. The van der Waals surface area contributed by atoms with Crippen molar-refractivity contribution >= 4 is 5.95 Å². The van der Waals surface area contributed by atoms with Crippen LogP contribution in [0.5, 0.6) is 17.4 Å². The molecule has 0 amide bonds. The van der Waals surface area contributed by atoms with Crippen molar-refractivity contribution in [1.29, 1.82) is 0 Å². The largest absolute Gasteiger partial charge is 0.497 e. The van der Waals surface area contributed by atoms with E-state index in [4.69, 9.17) is 9.47 Å². The highest BCUT2D eigenvalue weighted by Crippen LogP contribution is 2.26. The lowest BCUT2D eigenvalue weighted by atomic mass is 10.2. The van der Waals surface area contributed by atoms with Gasteiger partial charge in [0.25, 0.3) is 0 Å². The average Bonchev–Trinajstić information content (AvgIpc) is 2.61. The molecule has 0 spiro atoms. The topological polar surface area (TPSA) is 69.2 Å². The van der Waals surface area contributed by atoms with Crippen LogP contribution >= 0.6 is 0 Å². The first-order valence-corrected chi connectivity index (χ1v) is 7.54. The molecule has 6 heteroatoms. The van der Waals surface area contributed by atoms with E-state index in [2.05, 4.69) is 20.3 Å². The van der Waals surface area contributed by atoms with Gasteiger partial charge < -0.3 is 14.8 Å². The zero-order valence-electron chi connectivity index (χ0n) is 13.6. The van der Waals surface area contributed by atoms with Crippen LogP contribution in [-0.2, 0) is 6.54 Å². The quantitative estimate of drug-likeness (QED) is 0.748. The van der Waals surface area contributed by atoms with Crippen molar-refractivity contribution in [2.45, 2.75) is 13.5 Å². The minimum atomic E-state index is 0.511. The summed E-state index contributed by atoms with van der Waals surface area (Å²) in [5.41, 5.74) is 1.82. The Kier molecular flexibility index (Phi) is 4.86. The lowest BCUT2D eigenvalue weighted by molar-refractivity contribution is 0.406.